The lowest BCUT2D eigenvalue weighted by Crippen LogP contribution is -2.25. The Bertz CT molecular complexity index is 980. The van der Waals surface area contributed by atoms with Gasteiger partial charge in [-0.3, -0.25) is 14.5 Å². The Labute approximate surface area is 165 Å². The molecule has 0 bridgehead atoms. The van der Waals surface area contributed by atoms with Crippen LogP contribution in [0.25, 0.3) is 0 Å². The average molecular weight is 401 g/mol. The smallest absolute Gasteiger partial charge is 0.251 e. The predicted molar refractivity (Wildman–Crippen MR) is 108 cm³/mol. The van der Waals surface area contributed by atoms with Crippen molar-refractivity contribution < 1.29 is 18.0 Å². The molecule has 0 unspecified atom stereocenters. The highest BCUT2D eigenvalue weighted by Gasteiger charge is 2.29. The number of hydrogen-bond donors (Lipinski definition) is 1. The molecule has 0 atom stereocenters. The van der Waals surface area contributed by atoms with Crippen LogP contribution in [0.15, 0.2) is 53.4 Å². The molecule has 2 aromatic carbocycles. The van der Waals surface area contributed by atoms with Crippen molar-refractivity contribution in [3.8, 4) is 0 Å². The zero-order valence-electron chi connectivity index (χ0n) is 16.0. The monoisotopic (exact) mass is 400 g/mol. The fraction of sp³-hybridized carbons (Fsp3) is 0.333. The summed E-state index contributed by atoms with van der Waals surface area (Å²) in [4.78, 5) is 26.1. The zero-order chi connectivity index (χ0) is 20.3. The molecule has 0 radical (unpaired) electrons. The van der Waals surface area contributed by atoms with E-state index in [-0.39, 0.29) is 28.4 Å². The number of amides is 2. The summed E-state index contributed by atoms with van der Waals surface area (Å²) < 4.78 is 24.8. The van der Waals surface area contributed by atoms with Gasteiger partial charge in [-0.05, 0) is 68.1 Å². The van der Waals surface area contributed by atoms with E-state index < -0.39 is 9.84 Å². The number of benzene rings is 2. The largest absolute Gasteiger partial charge is 0.352 e. The molecule has 7 heteroatoms. The van der Waals surface area contributed by atoms with Gasteiger partial charge < -0.3 is 5.32 Å². The van der Waals surface area contributed by atoms with Crippen LogP contribution < -0.4 is 10.2 Å². The van der Waals surface area contributed by atoms with Crippen molar-refractivity contribution in [3.63, 3.8) is 0 Å². The van der Waals surface area contributed by atoms with E-state index in [1.165, 1.54) is 24.0 Å². The van der Waals surface area contributed by atoms with E-state index >= 15 is 0 Å². The van der Waals surface area contributed by atoms with Gasteiger partial charge in [0.25, 0.3) is 5.91 Å². The fourth-order valence-electron chi connectivity index (χ4n) is 3.06. The summed E-state index contributed by atoms with van der Waals surface area (Å²) in [6, 6.07) is 13.1. The summed E-state index contributed by atoms with van der Waals surface area (Å²) in [7, 11) is -3.31. The first-order chi connectivity index (χ1) is 13.3. The van der Waals surface area contributed by atoms with Crippen LogP contribution in [0.5, 0.6) is 0 Å². The van der Waals surface area contributed by atoms with E-state index in [9.17, 15) is 18.0 Å². The average Bonchev–Trinajstić information content (AvgIpc) is 3.46. The Kier molecular flexibility index (Phi) is 5.84. The Morgan fingerprint density at radius 3 is 2.32 bits per heavy atom. The van der Waals surface area contributed by atoms with E-state index in [0.717, 1.165) is 12.8 Å². The molecule has 0 heterocycles. The second kappa shape index (κ2) is 8.14. The van der Waals surface area contributed by atoms with Crippen molar-refractivity contribution in [2.24, 2.45) is 5.92 Å². The minimum Gasteiger partial charge on any atom is -0.352 e. The number of anilines is 2. The minimum atomic E-state index is -3.31. The van der Waals surface area contributed by atoms with Gasteiger partial charge in [-0.15, -0.1) is 0 Å². The first-order valence-electron chi connectivity index (χ1n) is 9.33. The Balaban J connectivity index is 1.89. The maximum absolute atomic E-state index is 12.4. The highest BCUT2D eigenvalue weighted by atomic mass is 32.2. The van der Waals surface area contributed by atoms with Crippen LogP contribution in [-0.2, 0) is 14.6 Å². The molecule has 2 amide bonds. The summed E-state index contributed by atoms with van der Waals surface area (Å²) in [6.07, 6.45) is 1.94. The third-order valence-corrected chi connectivity index (χ3v) is 6.53. The predicted octanol–water partition coefficient (Wildman–Crippen LogP) is 3.30. The molecule has 1 aliphatic carbocycles. The maximum atomic E-state index is 12.4. The molecule has 0 saturated heterocycles. The van der Waals surface area contributed by atoms with E-state index in [1.54, 1.807) is 36.4 Å². The van der Waals surface area contributed by atoms with Crippen molar-refractivity contribution >= 4 is 33.0 Å². The molecule has 3 rings (SSSR count). The molecule has 6 nitrogen and oxygen atoms in total. The molecule has 1 fully saturated rings. The molecular weight excluding hydrogens is 376 g/mol. The van der Waals surface area contributed by atoms with E-state index in [0.29, 0.717) is 23.5 Å². The Morgan fingerprint density at radius 1 is 1.07 bits per heavy atom. The molecular formula is C21H24N2O4S. The molecule has 1 aliphatic rings. The van der Waals surface area contributed by atoms with Gasteiger partial charge in [0.2, 0.25) is 5.91 Å². The first-order valence-corrected chi connectivity index (χ1v) is 11.0. The van der Waals surface area contributed by atoms with Crippen LogP contribution in [0.3, 0.4) is 0 Å². The minimum absolute atomic E-state index is 0.178. The Hall–Kier alpha value is -2.67. The van der Waals surface area contributed by atoms with Gasteiger partial charge in [-0.25, -0.2) is 8.42 Å². The molecule has 0 aromatic heterocycles. The second-order valence-corrected chi connectivity index (χ2v) is 9.02. The highest BCUT2D eigenvalue weighted by Crippen LogP contribution is 2.33. The van der Waals surface area contributed by atoms with Gasteiger partial charge in [0, 0.05) is 30.4 Å². The summed E-state index contributed by atoms with van der Waals surface area (Å²) in [5.41, 5.74) is 1.55. The number of rotatable bonds is 7. The van der Waals surface area contributed by atoms with E-state index in [1.807, 2.05) is 6.92 Å². The molecule has 2 aromatic rings. The number of carbonyl (C=O) groups excluding carboxylic acids is 2. The zero-order valence-corrected chi connectivity index (χ0v) is 16.8. The van der Waals surface area contributed by atoms with Gasteiger partial charge >= 0.3 is 0 Å². The van der Waals surface area contributed by atoms with Crippen molar-refractivity contribution in [1.29, 1.82) is 0 Å². The lowest BCUT2D eigenvalue weighted by molar-refractivity contribution is -0.115. The van der Waals surface area contributed by atoms with Crippen molar-refractivity contribution in [2.45, 2.75) is 31.6 Å². The quantitative estimate of drug-likeness (QED) is 0.773. The molecule has 1 saturated carbocycles. The van der Waals surface area contributed by atoms with Gasteiger partial charge in [-0.2, -0.15) is 0 Å². The first kappa shape index (κ1) is 20.1. The number of carbonyl (C=O) groups is 2. The van der Waals surface area contributed by atoms with Crippen molar-refractivity contribution in [3.05, 3.63) is 54.1 Å². The van der Waals surface area contributed by atoms with E-state index in [2.05, 4.69) is 5.32 Å². The van der Waals surface area contributed by atoms with Crippen LogP contribution in [-0.4, -0.2) is 32.5 Å². The topological polar surface area (TPSA) is 83.6 Å². The standard InChI is InChI=1S/C21H24N2O4S/c1-3-22-21(25)17-5-4-6-19(13-17)23(15(2)24)18-9-11-20(12-10-18)28(26,27)14-16-7-8-16/h4-6,9-13,16H,3,7-8,14H2,1-2H3,(H,22,25). The van der Waals surface area contributed by atoms with Crippen molar-refractivity contribution in [1.82, 2.24) is 5.32 Å². The highest BCUT2D eigenvalue weighted by molar-refractivity contribution is 7.91. The van der Waals surface area contributed by atoms with Crippen LogP contribution in [0.1, 0.15) is 37.0 Å². The second-order valence-electron chi connectivity index (χ2n) is 6.98. The maximum Gasteiger partial charge on any atom is 0.251 e. The molecule has 148 valence electrons. The summed E-state index contributed by atoms with van der Waals surface area (Å²) in [5, 5.41) is 2.73. The van der Waals surface area contributed by atoms with Crippen LogP contribution >= 0.6 is 0 Å². The van der Waals surface area contributed by atoms with Gasteiger partial charge in [-0.1, -0.05) is 6.07 Å². The van der Waals surface area contributed by atoms with E-state index in [4.69, 9.17) is 0 Å². The lowest BCUT2D eigenvalue weighted by atomic mass is 10.1. The Morgan fingerprint density at radius 2 is 1.75 bits per heavy atom. The number of nitrogens with zero attached hydrogens (tertiary/aromatic N) is 1. The van der Waals surface area contributed by atoms with Crippen LogP contribution in [0.2, 0.25) is 0 Å². The molecule has 0 aliphatic heterocycles. The van der Waals surface area contributed by atoms with Crippen molar-refractivity contribution in [2.75, 3.05) is 17.2 Å². The number of nitrogens with one attached hydrogen (secondary N) is 1. The van der Waals surface area contributed by atoms with Gasteiger partial charge in [0.1, 0.15) is 0 Å². The number of sulfone groups is 1. The lowest BCUT2D eigenvalue weighted by Gasteiger charge is -2.22. The summed E-state index contributed by atoms with van der Waals surface area (Å²) in [6.45, 7) is 3.77. The number of hydrogen-bond acceptors (Lipinski definition) is 4. The molecule has 0 spiro atoms. The molecule has 1 N–H and O–H groups in total. The fourth-order valence-corrected chi connectivity index (χ4v) is 4.75. The SMILES string of the molecule is CCNC(=O)c1cccc(N(C(C)=O)c2ccc(S(=O)(=O)CC3CC3)cc2)c1. The molecule has 28 heavy (non-hydrogen) atoms. The summed E-state index contributed by atoms with van der Waals surface area (Å²) >= 11 is 0. The third-order valence-electron chi connectivity index (χ3n) is 4.62. The third kappa shape index (κ3) is 4.59. The summed E-state index contributed by atoms with van der Waals surface area (Å²) in [5.74, 6) is 0.00331. The normalized spacial score (nSPS) is 13.8. The van der Waals surface area contributed by atoms with Gasteiger partial charge in [0.15, 0.2) is 9.84 Å². The van der Waals surface area contributed by atoms with Crippen LogP contribution in [0.4, 0.5) is 11.4 Å². The van der Waals surface area contributed by atoms with Gasteiger partial charge in [0.05, 0.1) is 10.6 Å². The van der Waals surface area contributed by atoms with Crippen LogP contribution in [0, 0.1) is 5.92 Å².